The second kappa shape index (κ2) is 6.84. The van der Waals surface area contributed by atoms with Gasteiger partial charge in [-0.2, -0.15) is 0 Å². The molecule has 3 aromatic rings. The molecule has 0 radical (unpaired) electrons. The smallest absolute Gasteiger partial charge is 0.254 e. The highest BCUT2D eigenvalue weighted by Gasteiger charge is 2.13. The summed E-state index contributed by atoms with van der Waals surface area (Å²) in [6, 6.07) is 13.3. The van der Waals surface area contributed by atoms with E-state index in [0.717, 1.165) is 23.8 Å². The SMILES string of the molecule is O=C(NCc1ccc(-c2ccc(Cl)cc2)o1)c1cc(F)ccc1F. The number of benzene rings is 2. The van der Waals surface area contributed by atoms with E-state index < -0.39 is 17.5 Å². The summed E-state index contributed by atoms with van der Waals surface area (Å²) in [7, 11) is 0. The Kier molecular flexibility index (Phi) is 4.62. The Morgan fingerprint density at radius 2 is 1.79 bits per heavy atom. The third kappa shape index (κ3) is 3.63. The number of carbonyl (C=O) groups excluding carboxylic acids is 1. The first-order valence-electron chi connectivity index (χ1n) is 7.11. The van der Waals surface area contributed by atoms with Crippen molar-refractivity contribution in [2.24, 2.45) is 0 Å². The van der Waals surface area contributed by atoms with Crippen molar-refractivity contribution in [3.63, 3.8) is 0 Å². The number of furan rings is 1. The van der Waals surface area contributed by atoms with Gasteiger partial charge in [-0.25, -0.2) is 8.78 Å². The van der Waals surface area contributed by atoms with E-state index in [0.29, 0.717) is 16.5 Å². The van der Waals surface area contributed by atoms with Gasteiger partial charge in [0.2, 0.25) is 0 Å². The lowest BCUT2D eigenvalue weighted by molar-refractivity contribution is 0.0943. The van der Waals surface area contributed by atoms with Crippen molar-refractivity contribution in [3.8, 4) is 11.3 Å². The monoisotopic (exact) mass is 347 g/mol. The van der Waals surface area contributed by atoms with Crippen molar-refractivity contribution in [3.05, 3.63) is 82.6 Å². The molecule has 2 aromatic carbocycles. The topological polar surface area (TPSA) is 42.2 Å². The Hall–Kier alpha value is -2.66. The number of rotatable bonds is 4. The first-order chi connectivity index (χ1) is 11.5. The van der Waals surface area contributed by atoms with Crippen molar-refractivity contribution < 1.29 is 18.0 Å². The van der Waals surface area contributed by atoms with Crippen LogP contribution in [0.1, 0.15) is 16.1 Å². The quantitative estimate of drug-likeness (QED) is 0.736. The standard InChI is InChI=1S/C18H12ClF2NO2/c19-12-3-1-11(2-4-12)17-8-6-14(24-17)10-22-18(23)15-9-13(20)5-7-16(15)21/h1-9H,10H2,(H,22,23). The fourth-order valence-electron chi connectivity index (χ4n) is 2.18. The lowest BCUT2D eigenvalue weighted by Gasteiger charge is -2.05. The summed E-state index contributed by atoms with van der Waals surface area (Å²) in [6.07, 6.45) is 0. The Balaban J connectivity index is 1.68. The molecule has 0 unspecified atom stereocenters. The number of carbonyl (C=O) groups is 1. The van der Waals surface area contributed by atoms with E-state index >= 15 is 0 Å². The highest BCUT2D eigenvalue weighted by Crippen LogP contribution is 2.23. The van der Waals surface area contributed by atoms with Crippen LogP contribution in [0.5, 0.6) is 0 Å². The predicted octanol–water partition coefficient (Wildman–Crippen LogP) is 4.81. The molecular formula is C18H12ClF2NO2. The molecule has 1 amide bonds. The molecule has 0 aliphatic carbocycles. The average molecular weight is 348 g/mol. The number of hydrogen-bond acceptors (Lipinski definition) is 2. The maximum absolute atomic E-state index is 13.5. The van der Waals surface area contributed by atoms with E-state index in [1.165, 1.54) is 0 Å². The van der Waals surface area contributed by atoms with Crippen molar-refractivity contribution >= 4 is 17.5 Å². The van der Waals surface area contributed by atoms with E-state index in [2.05, 4.69) is 5.32 Å². The van der Waals surface area contributed by atoms with Crippen LogP contribution in [-0.4, -0.2) is 5.91 Å². The average Bonchev–Trinajstić information content (AvgIpc) is 3.04. The molecular weight excluding hydrogens is 336 g/mol. The molecule has 0 fully saturated rings. The second-order valence-corrected chi connectivity index (χ2v) is 5.52. The van der Waals surface area contributed by atoms with Crippen LogP contribution in [0, 0.1) is 11.6 Å². The van der Waals surface area contributed by atoms with Gasteiger partial charge in [-0.3, -0.25) is 4.79 Å². The summed E-state index contributed by atoms with van der Waals surface area (Å²) in [4.78, 5) is 11.9. The largest absolute Gasteiger partial charge is 0.459 e. The van der Waals surface area contributed by atoms with Crippen LogP contribution < -0.4 is 5.32 Å². The predicted molar refractivity (Wildman–Crippen MR) is 86.7 cm³/mol. The fraction of sp³-hybridized carbons (Fsp3) is 0.0556. The van der Waals surface area contributed by atoms with Gasteiger partial charge in [0.15, 0.2) is 0 Å². The van der Waals surface area contributed by atoms with Gasteiger partial charge in [-0.15, -0.1) is 0 Å². The number of hydrogen-bond donors (Lipinski definition) is 1. The van der Waals surface area contributed by atoms with Crippen LogP contribution >= 0.6 is 11.6 Å². The second-order valence-electron chi connectivity index (χ2n) is 5.08. The van der Waals surface area contributed by atoms with Gasteiger partial charge in [0.1, 0.15) is 23.2 Å². The van der Waals surface area contributed by atoms with E-state index in [4.69, 9.17) is 16.0 Å². The van der Waals surface area contributed by atoms with Crippen molar-refractivity contribution in [2.75, 3.05) is 0 Å². The lowest BCUT2D eigenvalue weighted by atomic mass is 10.2. The van der Waals surface area contributed by atoms with Gasteiger partial charge in [0.25, 0.3) is 5.91 Å². The van der Waals surface area contributed by atoms with Gasteiger partial charge in [0.05, 0.1) is 12.1 Å². The molecule has 0 saturated heterocycles. The minimum Gasteiger partial charge on any atom is -0.459 e. The summed E-state index contributed by atoms with van der Waals surface area (Å²) in [5.74, 6) is -1.06. The van der Waals surface area contributed by atoms with Crippen LogP contribution in [-0.2, 0) is 6.54 Å². The van der Waals surface area contributed by atoms with Gasteiger partial charge in [-0.05, 0) is 54.6 Å². The molecule has 0 atom stereocenters. The van der Waals surface area contributed by atoms with Gasteiger partial charge in [-0.1, -0.05) is 11.6 Å². The molecule has 1 N–H and O–H groups in total. The van der Waals surface area contributed by atoms with Crippen molar-refractivity contribution in [1.82, 2.24) is 5.32 Å². The molecule has 3 nitrogen and oxygen atoms in total. The van der Waals surface area contributed by atoms with Crippen LogP contribution in [0.2, 0.25) is 5.02 Å². The fourth-order valence-corrected chi connectivity index (χ4v) is 2.30. The highest BCUT2D eigenvalue weighted by atomic mass is 35.5. The normalized spacial score (nSPS) is 10.6. The van der Waals surface area contributed by atoms with Gasteiger partial charge >= 0.3 is 0 Å². The molecule has 0 aliphatic heterocycles. The van der Waals surface area contributed by atoms with E-state index in [1.54, 1.807) is 24.3 Å². The minimum absolute atomic E-state index is 0.0579. The first-order valence-corrected chi connectivity index (χ1v) is 7.48. The summed E-state index contributed by atoms with van der Waals surface area (Å²) in [5.41, 5.74) is 0.493. The first kappa shape index (κ1) is 16.2. The lowest BCUT2D eigenvalue weighted by Crippen LogP contribution is -2.23. The highest BCUT2D eigenvalue weighted by molar-refractivity contribution is 6.30. The molecule has 0 saturated carbocycles. The van der Waals surface area contributed by atoms with Crippen LogP contribution in [0.4, 0.5) is 8.78 Å². The summed E-state index contributed by atoms with van der Waals surface area (Å²) >= 11 is 5.84. The van der Waals surface area contributed by atoms with Crippen molar-refractivity contribution in [1.29, 1.82) is 0 Å². The van der Waals surface area contributed by atoms with Crippen LogP contribution in [0.3, 0.4) is 0 Å². The van der Waals surface area contributed by atoms with E-state index in [-0.39, 0.29) is 12.1 Å². The van der Waals surface area contributed by atoms with E-state index in [9.17, 15) is 13.6 Å². The van der Waals surface area contributed by atoms with Crippen LogP contribution in [0.15, 0.2) is 59.0 Å². The third-order valence-electron chi connectivity index (χ3n) is 3.39. The summed E-state index contributed by atoms with van der Waals surface area (Å²) in [6.45, 7) is 0.0579. The molecule has 122 valence electrons. The third-order valence-corrected chi connectivity index (χ3v) is 3.64. The Bertz CT molecular complexity index is 875. The van der Waals surface area contributed by atoms with E-state index in [1.807, 2.05) is 12.1 Å². The number of halogens is 3. The molecule has 1 aromatic heterocycles. The molecule has 0 aliphatic rings. The number of amides is 1. The molecule has 1 heterocycles. The molecule has 0 spiro atoms. The zero-order chi connectivity index (χ0) is 17.1. The Morgan fingerprint density at radius 1 is 1.04 bits per heavy atom. The molecule has 6 heteroatoms. The number of nitrogens with one attached hydrogen (secondary N) is 1. The van der Waals surface area contributed by atoms with Gasteiger partial charge in [0, 0.05) is 10.6 Å². The maximum Gasteiger partial charge on any atom is 0.254 e. The maximum atomic E-state index is 13.5. The van der Waals surface area contributed by atoms with Gasteiger partial charge < -0.3 is 9.73 Å². The summed E-state index contributed by atoms with van der Waals surface area (Å²) in [5, 5.41) is 3.12. The van der Waals surface area contributed by atoms with Crippen molar-refractivity contribution in [2.45, 2.75) is 6.54 Å². The molecule has 24 heavy (non-hydrogen) atoms. The molecule has 0 bridgehead atoms. The zero-order valence-corrected chi connectivity index (χ0v) is 13.1. The zero-order valence-electron chi connectivity index (χ0n) is 12.4. The van der Waals surface area contributed by atoms with Crippen LogP contribution in [0.25, 0.3) is 11.3 Å². The minimum atomic E-state index is -0.782. The Morgan fingerprint density at radius 3 is 2.54 bits per heavy atom. The summed E-state index contributed by atoms with van der Waals surface area (Å²) < 4.78 is 32.3. The Labute approximate surface area is 141 Å². The molecule has 3 rings (SSSR count).